The Bertz CT molecular complexity index is 1700. The third kappa shape index (κ3) is 5.41. The van der Waals surface area contributed by atoms with Crippen LogP contribution in [0, 0.1) is 10.1 Å². The summed E-state index contributed by atoms with van der Waals surface area (Å²) in [6.07, 6.45) is 1.07. The molecule has 0 radical (unpaired) electrons. The van der Waals surface area contributed by atoms with Crippen LogP contribution in [0.5, 0.6) is 0 Å². The zero-order valence-electron chi connectivity index (χ0n) is 19.7. The Morgan fingerprint density at radius 3 is 2.29 bits per heavy atom. The molecule has 0 aliphatic heterocycles. The fourth-order valence-electron chi connectivity index (χ4n) is 3.48. The summed E-state index contributed by atoms with van der Waals surface area (Å²) in [5.41, 5.74) is 0.260. The quantitative estimate of drug-likeness (QED) is 0.229. The lowest BCUT2D eigenvalue weighted by Crippen LogP contribution is -2.30. The van der Waals surface area contributed by atoms with Gasteiger partial charge >= 0.3 is 0 Å². The van der Waals surface area contributed by atoms with Gasteiger partial charge in [0, 0.05) is 24.2 Å². The minimum Gasteiger partial charge on any atom is -0.298 e. The number of rotatable bonds is 9. The van der Waals surface area contributed by atoms with Crippen molar-refractivity contribution in [2.75, 3.05) is 16.2 Å². The first-order valence-electron chi connectivity index (χ1n) is 11.0. The van der Waals surface area contributed by atoms with Crippen LogP contribution in [0.4, 0.5) is 16.5 Å². The van der Waals surface area contributed by atoms with Gasteiger partial charge in [0.15, 0.2) is 5.13 Å². The molecule has 0 atom stereocenters. The van der Waals surface area contributed by atoms with Crippen molar-refractivity contribution in [2.45, 2.75) is 20.9 Å². The molecule has 4 rings (SSSR count). The van der Waals surface area contributed by atoms with Crippen molar-refractivity contribution in [1.29, 1.82) is 0 Å². The van der Waals surface area contributed by atoms with E-state index in [1.165, 1.54) is 28.6 Å². The minimum absolute atomic E-state index is 0.0248. The minimum atomic E-state index is -4.03. The van der Waals surface area contributed by atoms with Crippen LogP contribution in [-0.4, -0.2) is 39.2 Å². The topological polar surface area (TPSA) is 157 Å². The first-order valence-corrected chi connectivity index (χ1v) is 14.7. The number of para-hydroxylation sites is 1. The van der Waals surface area contributed by atoms with Gasteiger partial charge in [-0.25, -0.2) is 21.8 Å². The van der Waals surface area contributed by atoms with Crippen LogP contribution in [0.15, 0.2) is 99.1 Å². The number of sulfone groups is 1. The summed E-state index contributed by atoms with van der Waals surface area (Å²) in [6, 6.07) is 18.4. The standard InChI is InChI=1S/C24H20N4O7S3/c1-2-27(18-8-4-3-5-9-18)38(34,35)21-10-6-7-17(15-21)23(29)26-24-25-16-22(36-24)37(32,33)20-13-11-19(12-14-20)28(30)31/h3-16H,2H2,1H3,(H,25,26,29). The molecule has 0 unspecified atom stereocenters. The van der Waals surface area contributed by atoms with Gasteiger partial charge in [-0.05, 0) is 49.4 Å². The van der Waals surface area contributed by atoms with Crippen molar-refractivity contribution in [3.05, 3.63) is 101 Å². The van der Waals surface area contributed by atoms with Gasteiger partial charge in [0.2, 0.25) is 9.84 Å². The fraction of sp³-hybridized carbons (Fsp3) is 0.0833. The van der Waals surface area contributed by atoms with Gasteiger partial charge in [0.25, 0.3) is 21.6 Å². The number of nitro groups is 1. The lowest BCUT2D eigenvalue weighted by atomic mass is 10.2. The molecule has 1 heterocycles. The van der Waals surface area contributed by atoms with E-state index >= 15 is 0 Å². The highest BCUT2D eigenvalue weighted by molar-refractivity contribution is 7.93. The number of nitrogens with zero attached hydrogens (tertiary/aromatic N) is 3. The van der Waals surface area contributed by atoms with Crippen molar-refractivity contribution in [3.8, 4) is 0 Å². The summed E-state index contributed by atoms with van der Waals surface area (Å²) in [7, 11) is -8.00. The molecule has 0 aliphatic rings. The fourth-order valence-corrected chi connectivity index (χ4v) is 7.43. The molecule has 1 aromatic heterocycles. The van der Waals surface area contributed by atoms with E-state index in [-0.39, 0.29) is 36.9 Å². The van der Waals surface area contributed by atoms with Crippen LogP contribution in [0.25, 0.3) is 0 Å². The molecule has 11 nitrogen and oxygen atoms in total. The van der Waals surface area contributed by atoms with E-state index in [0.29, 0.717) is 17.0 Å². The third-order valence-corrected chi connectivity index (χ3v) is 10.4. The van der Waals surface area contributed by atoms with Crippen LogP contribution >= 0.6 is 11.3 Å². The summed E-state index contributed by atoms with van der Waals surface area (Å²) in [4.78, 5) is 26.7. The second-order valence-corrected chi connectivity index (χ2v) is 12.8. The zero-order chi connectivity index (χ0) is 27.5. The highest BCUT2D eigenvalue weighted by Gasteiger charge is 2.25. The Hall–Kier alpha value is -4.14. The number of hydrogen-bond donors (Lipinski definition) is 1. The van der Waals surface area contributed by atoms with Crippen LogP contribution < -0.4 is 9.62 Å². The van der Waals surface area contributed by atoms with E-state index in [1.807, 2.05) is 0 Å². The molecule has 38 heavy (non-hydrogen) atoms. The molecule has 0 spiro atoms. The van der Waals surface area contributed by atoms with E-state index in [4.69, 9.17) is 0 Å². The predicted octanol–water partition coefficient (Wildman–Crippen LogP) is 4.35. The lowest BCUT2D eigenvalue weighted by molar-refractivity contribution is -0.384. The van der Waals surface area contributed by atoms with E-state index in [2.05, 4.69) is 10.3 Å². The molecular weight excluding hydrogens is 552 g/mol. The van der Waals surface area contributed by atoms with Crippen LogP contribution in [0.3, 0.4) is 0 Å². The molecule has 0 saturated heterocycles. The van der Waals surface area contributed by atoms with Gasteiger partial charge in [0.05, 0.1) is 26.6 Å². The molecule has 0 saturated carbocycles. The molecule has 14 heteroatoms. The Morgan fingerprint density at radius 1 is 0.974 bits per heavy atom. The van der Waals surface area contributed by atoms with Crippen LogP contribution in [0.2, 0.25) is 0 Å². The number of amides is 1. The number of non-ortho nitro benzene ring substituents is 1. The van der Waals surface area contributed by atoms with Gasteiger partial charge < -0.3 is 0 Å². The normalized spacial score (nSPS) is 11.6. The second-order valence-electron chi connectivity index (χ2n) is 7.73. The third-order valence-electron chi connectivity index (χ3n) is 5.34. The molecule has 1 amide bonds. The number of hydrogen-bond acceptors (Lipinski definition) is 9. The summed E-state index contributed by atoms with van der Waals surface area (Å²) < 4.78 is 53.3. The maximum Gasteiger partial charge on any atom is 0.269 e. The number of nitro benzene ring substituents is 1. The van der Waals surface area contributed by atoms with Crippen LogP contribution in [-0.2, 0) is 19.9 Å². The SMILES string of the molecule is CCN(c1ccccc1)S(=O)(=O)c1cccc(C(=O)Nc2ncc(S(=O)(=O)c3ccc([N+](=O)[O-])cc3)s2)c1. The average Bonchev–Trinajstić information content (AvgIpc) is 3.39. The van der Waals surface area contributed by atoms with E-state index in [0.717, 1.165) is 30.5 Å². The van der Waals surface area contributed by atoms with Gasteiger partial charge in [0.1, 0.15) is 4.21 Å². The van der Waals surface area contributed by atoms with Crippen molar-refractivity contribution < 1.29 is 26.6 Å². The average molecular weight is 573 g/mol. The largest absolute Gasteiger partial charge is 0.298 e. The maximum atomic E-state index is 13.3. The van der Waals surface area contributed by atoms with E-state index in [9.17, 15) is 31.7 Å². The molecule has 196 valence electrons. The molecule has 1 N–H and O–H groups in total. The smallest absolute Gasteiger partial charge is 0.269 e. The summed E-state index contributed by atoms with van der Waals surface area (Å²) >= 11 is 0.692. The molecule has 4 aromatic rings. The Labute approximate surface area is 222 Å². The van der Waals surface area contributed by atoms with Gasteiger partial charge in [-0.3, -0.25) is 24.5 Å². The molecule has 0 aliphatic carbocycles. The zero-order valence-corrected chi connectivity index (χ0v) is 22.2. The monoisotopic (exact) mass is 572 g/mol. The van der Waals surface area contributed by atoms with Crippen molar-refractivity contribution in [2.24, 2.45) is 0 Å². The number of aromatic nitrogens is 1. The maximum absolute atomic E-state index is 13.3. The predicted molar refractivity (Wildman–Crippen MR) is 142 cm³/mol. The Kier molecular flexibility index (Phi) is 7.57. The molecule has 0 bridgehead atoms. The number of carbonyl (C=O) groups is 1. The number of thiazole rings is 1. The summed E-state index contributed by atoms with van der Waals surface area (Å²) in [5.74, 6) is -0.682. The summed E-state index contributed by atoms with van der Waals surface area (Å²) in [6.45, 7) is 1.87. The van der Waals surface area contributed by atoms with Gasteiger partial charge in [-0.2, -0.15) is 0 Å². The summed E-state index contributed by atoms with van der Waals surface area (Å²) in [5, 5.41) is 13.3. The van der Waals surface area contributed by atoms with Crippen LogP contribution in [0.1, 0.15) is 17.3 Å². The number of carbonyl (C=O) groups excluding carboxylic acids is 1. The molecule has 3 aromatic carbocycles. The Balaban J connectivity index is 1.55. The molecule has 0 fully saturated rings. The lowest BCUT2D eigenvalue weighted by Gasteiger charge is -2.23. The highest BCUT2D eigenvalue weighted by atomic mass is 32.2. The first-order chi connectivity index (χ1) is 18.0. The van der Waals surface area contributed by atoms with Gasteiger partial charge in [-0.1, -0.05) is 35.6 Å². The first kappa shape index (κ1) is 26.9. The van der Waals surface area contributed by atoms with E-state index in [1.54, 1.807) is 37.3 Å². The highest BCUT2D eigenvalue weighted by Crippen LogP contribution is 2.30. The number of anilines is 2. The number of benzene rings is 3. The number of sulfonamides is 1. The Morgan fingerprint density at radius 2 is 1.66 bits per heavy atom. The van der Waals surface area contributed by atoms with Crippen molar-refractivity contribution >= 4 is 53.6 Å². The van der Waals surface area contributed by atoms with Crippen molar-refractivity contribution in [1.82, 2.24) is 4.98 Å². The van der Waals surface area contributed by atoms with E-state index < -0.39 is 30.7 Å². The number of nitrogens with one attached hydrogen (secondary N) is 1. The molecular formula is C24H20N4O7S3. The van der Waals surface area contributed by atoms with Crippen molar-refractivity contribution in [3.63, 3.8) is 0 Å². The second kappa shape index (κ2) is 10.7. The van der Waals surface area contributed by atoms with Gasteiger partial charge in [-0.15, -0.1) is 0 Å².